The second-order valence-corrected chi connectivity index (χ2v) is 3.75. The zero-order valence-electron chi connectivity index (χ0n) is 8.38. The van der Waals surface area contributed by atoms with Crippen LogP contribution in [-0.4, -0.2) is 31.6 Å². The van der Waals surface area contributed by atoms with Crippen LogP contribution in [0.5, 0.6) is 17.2 Å². The summed E-state index contributed by atoms with van der Waals surface area (Å²) in [5, 5.41) is 1.17. The van der Waals surface area contributed by atoms with Gasteiger partial charge >= 0.3 is 0 Å². The molecule has 4 heteroatoms. The molecule has 0 N–H and O–H groups in total. The first-order chi connectivity index (χ1) is 6.22. The minimum atomic E-state index is 0.707. The van der Waals surface area contributed by atoms with Crippen LogP contribution in [0.4, 0.5) is 0 Å². The normalized spacial score (nSPS) is 9.77. The molecule has 0 bridgehead atoms. The van der Waals surface area contributed by atoms with Crippen molar-refractivity contribution in [2.75, 3.05) is 21.3 Å². The SMILES string of the molecule is COc1cc(OC)c(OC)cc1[SiH3]. The van der Waals surface area contributed by atoms with Gasteiger partial charge in [-0.05, 0) is 11.3 Å². The van der Waals surface area contributed by atoms with E-state index in [0.717, 1.165) is 21.7 Å². The summed E-state index contributed by atoms with van der Waals surface area (Å²) >= 11 is 0. The van der Waals surface area contributed by atoms with E-state index >= 15 is 0 Å². The smallest absolute Gasteiger partial charge is 0.164 e. The largest absolute Gasteiger partial charge is 0.497 e. The molecule has 0 saturated carbocycles. The van der Waals surface area contributed by atoms with Crippen molar-refractivity contribution in [2.45, 2.75) is 0 Å². The maximum Gasteiger partial charge on any atom is 0.164 e. The lowest BCUT2D eigenvalue weighted by atomic mass is 10.3. The fourth-order valence-electron chi connectivity index (χ4n) is 1.18. The summed E-state index contributed by atoms with van der Waals surface area (Å²) < 4.78 is 15.5. The topological polar surface area (TPSA) is 27.7 Å². The van der Waals surface area contributed by atoms with Gasteiger partial charge in [0, 0.05) is 16.3 Å². The number of hydrogen-bond donors (Lipinski definition) is 0. The fraction of sp³-hybridized carbons (Fsp3) is 0.333. The highest BCUT2D eigenvalue weighted by molar-refractivity contribution is 6.34. The van der Waals surface area contributed by atoms with Crippen molar-refractivity contribution >= 4 is 15.4 Å². The molecule has 0 spiro atoms. The Morgan fingerprint density at radius 3 is 1.77 bits per heavy atom. The van der Waals surface area contributed by atoms with Crippen LogP contribution in [-0.2, 0) is 0 Å². The van der Waals surface area contributed by atoms with Gasteiger partial charge in [-0.3, -0.25) is 0 Å². The number of rotatable bonds is 3. The average molecular weight is 198 g/mol. The Bertz CT molecular complexity index is 299. The van der Waals surface area contributed by atoms with Gasteiger partial charge in [0.1, 0.15) is 5.75 Å². The first-order valence-corrected chi connectivity index (χ1v) is 4.99. The van der Waals surface area contributed by atoms with E-state index in [1.54, 1.807) is 21.3 Å². The molecule has 1 aromatic rings. The van der Waals surface area contributed by atoms with Crippen molar-refractivity contribution in [2.24, 2.45) is 0 Å². The molecule has 0 atom stereocenters. The van der Waals surface area contributed by atoms with Crippen molar-refractivity contribution < 1.29 is 14.2 Å². The molecule has 0 aliphatic rings. The van der Waals surface area contributed by atoms with Gasteiger partial charge in [-0.1, -0.05) is 0 Å². The van der Waals surface area contributed by atoms with Crippen LogP contribution in [0, 0.1) is 0 Å². The fourth-order valence-corrected chi connectivity index (χ4v) is 1.79. The highest BCUT2D eigenvalue weighted by Crippen LogP contribution is 2.28. The van der Waals surface area contributed by atoms with Crippen LogP contribution in [0.15, 0.2) is 12.1 Å². The zero-order valence-corrected chi connectivity index (χ0v) is 10.4. The van der Waals surface area contributed by atoms with Crippen LogP contribution in [0.3, 0.4) is 0 Å². The molecule has 0 aliphatic heterocycles. The van der Waals surface area contributed by atoms with E-state index in [1.807, 2.05) is 12.1 Å². The molecule has 0 unspecified atom stereocenters. The number of ether oxygens (including phenoxy) is 3. The van der Waals surface area contributed by atoms with Crippen LogP contribution in [0.2, 0.25) is 0 Å². The molecule has 0 saturated heterocycles. The summed E-state index contributed by atoms with van der Waals surface area (Å²) in [6, 6.07) is 3.80. The standard InChI is InChI=1S/C9H14O3Si/c1-10-6-4-8(12-3)9(13)5-7(6)11-2/h4-5H,1-3,13H3. The van der Waals surface area contributed by atoms with Gasteiger partial charge in [0.2, 0.25) is 0 Å². The van der Waals surface area contributed by atoms with E-state index in [0.29, 0.717) is 5.75 Å². The third-order valence-corrected chi connectivity index (χ3v) is 2.68. The Kier molecular flexibility index (Phi) is 3.19. The quantitative estimate of drug-likeness (QED) is 0.624. The summed E-state index contributed by atoms with van der Waals surface area (Å²) in [5.74, 6) is 2.33. The van der Waals surface area contributed by atoms with Crippen LogP contribution in [0.1, 0.15) is 0 Å². The zero-order chi connectivity index (χ0) is 9.84. The minimum absolute atomic E-state index is 0.707. The van der Waals surface area contributed by atoms with Gasteiger partial charge in [-0.15, -0.1) is 0 Å². The first kappa shape index (κ1) is 9.92. The van der Waals surface area contributed by atoms with Crippen molar-refractivity contribution in [1.82, 2.24) is 0 Å². The van der Waals surface area contributed by atoms with Gasteiger partial charge in [-0.2, -0.15) is 0 Å². The third-order valence-electron chi connectivity index (χ3n) is 1.90. The maximum absolute atomic E-state index is 5.19. The molecule has 0 amide bonds. The average Bonchev–Trinajstić information content (AvgIpc) is 2.17. The molecule has 0 heterocycles. The van der Waals surface area contributed by atoms with Crippen molar-refractivity contribution in [1.29, 1.82) is 0 Å². The summed E-state index contributed by atoms with van der Waals surface area (Å²) in [6.45, 7) is 0. The van der Waals surface area contributed by atoms with E-state index in [1.165, 1.54) is 5.19 Å². The predicted molar refractivity (Wildman–Crippen MR) is 55.7 cm³/mol. The highest BCUT2D eigenvalue weighted by atomic mass is 28.1. The second-order valence-electron chi connectivity index (χ2n) is 2.68. The Balaban J connectivity index is 3.18. The monoisotopic (exact) mass is 198 g/mol. The van der Waals surface area contributed by atoms with E-state index in [4.69, 9.17) is 14.2 Å². The second kappa shape index (κ2) is 4.18. The Hall–Kier alpha value is -1.16. The number of benzene rings is 1. The van der Waals surface area contributed by atoms with Crippen molar-refractivity contribution in [3.63, 3.8) is 0 Å². The molecular weight excluding hydrogens is 184 g/mol. The molecule has 1 rings (SSSR count). The summed E-state index contributed by atoms with van der Waals surface area (Å²) in [5.41, 5.74) is 0. The first-order valence-electron chi connectivity index (χ1n) is 3.99. The molecule has 0 radical (unpaired) electrons. The maximum atomic E-state index is 5.19. The minimum Gasteiger partial charge on any atom is -0.497 e. The Morgan fingerprint density at radius 2 is 1.31 bits per heavy atom. The number of hydrogen-bond acceptors (Lipinski definition) is 3. The van der Waals surface area contributed by atoms with Gasteiger partial charge in [-0.25, -0.2) is 0 Å². The molecule has 0 aromatic heterocycles. The van der Waals surface area contributed by atoms with E-state index in [2.05, 4.69) is 0 Å². The van der Waals surface area contributed by atoms with E-state index < -0.39 is 0 Å². The lowest BCUT2D eigenvalue weighted by Crippen LogP contribution is -2.08. The van der Waals surface area contributed by atoms with E-state index in [-0.39, 0.29) is 0 Å². The van der Waals surface area contributed by atoms with Gasteiger partial charge < -0.3 is 14.2 Å². The van der Waals surface area contributed by atoms with Crippen LogP contribution < -0.4 is 19.4 Å². The molecular formula is C9H14O3Si. The third kappa shape index (κ3) is 1.95. The Labute approximate surface area is 81.0 Å². The molecule has 72 valence electrons. The summed E-state index contributed by atoms with van der Waals surface area (Å²) in [7, 11) is 5.83. The highest BCUT2D eigenvalue weighted by Gasteiger charge is 2.07. The van der Waals surface area contributed by atoms with Crippen LogP contribution >= 0.6 is 0 Å². The lowest BCUT2D eigenvalue weighted by Gasteiger charge is -2.11. The van der Waals surface area contributed by atoms with Crippen LogP contribution in [0.25, 0.3) is 0 Å². The van der Waals surface area contributed by atoms with Gasteiger partial charge in [0.15, 0.2) is 11.5 Å². The lowest BCUT2D eigenvalue weighted by molar-refractivity contribution is 0.350. The van der Waals surface area contributed by atoms with Gasteiger partial charge in [0.25, 0.3) is 0 Å². The van der Waals surface area contributed by atoms with Gasteiger partial charge in [0.05, 0.1) is 21.3 Å². The molecule has 3 nitrogen and oxygen atoms in total. The van der Waals surface area contributed by atoms with E-state index in [9.17, 15) is 0 Å². The number of methoxy groups -OCH3 is 3. The molecule has 0 aliphatic carbocycles. The molecule has 1 aromatic carbocycles. The molecule has 0 fully saturated rings. The van der Waals surface area contributed by atoms with Crippen molar-refractivity contribution in [3.8, 4) is 17.2 Å². The van der Waals surface area contributed by atoms with Crippen molar-refractivity contribution in [3.05, 3.63) is 12.1 Å². The predicted octanol–water partition coefficient (Wildman–Crippen LogP) is -0.297. The molecule has 13 heavy (non-hydrogen) atoms. The summed E-state index contributed by atoms with van der Waals surface area (Å²) in [4.78, 5) is 0. The summed E-state index contributed by atoms with van der Waals surface area (Å²) in [6.07, 6.45) is 0. The Morgan fingerprint density at radius 1 is 0.846 bits per heavy atom.